The lowest BCUT2D eigenvalue weighted by molar-refractivity contribution is -0.142. The molecule has 3 aromatic rings. The predicted molar refractivity (Wildman–Crippen MR) is 145 cm³/mol. The lowest BCUT2D eigenvalue weighted by Crippen LogP contribution is -2.44. The Balaban J connectivity index is 1.08. The van der Waals surface area contributed by atoms with Gasteiger partial charge in [0.05, 0.1) is 43.5 Å². The lowest BCUT2D eigenvalue weighted by Gasteiger charge is -2.34. The van der Waals surface area contributed by atoms with Crippen molar-refractivity contribution < 1.29 is 37.3 Å². The van der Waals surface area contributed by atoms with E-state index in [0.29, 0.717) is 50.8 Å². The molecular weight excluding hydrogens is 573 g/mol. The molecule has 6 rings (SSSR count). The van der Waals surface area contributed by atoms with Gasteiger partial charge in [-0.25, -0.2) is 14.8 Å². The molecule has 43 heavy (non-hydrogen) atoms. The third-order valence-corrected chi connectivity index (χ3v) is 7.89. The van der Waals surface area contributed by atoms with Crippen molar-refractivity contribution in [2.75, 3.05) is 36.6 Å². The van der Waals surface area contributed by atoms with E-state index in [1.807, 2.05) is 10.9 Å². The van der Waals surface area contributed by atoms with Crippen LogP contribution in [0.1, 0.15) is 50.1 Å². The third kappa shape index (κ3) is 6.64. The van der Waals surface area contributed by atoms with E-state index in [4.69, 9.17) is 14.2 Å². The Bertz CT molecular complexity index is 1400. The summed E-state index contributed by atoms with van der Waals surface area (Å²) in [5.74, 6) is -0.303. The third-order valence-electron chi connectivity index (χ3n) is 7.89. The van der Waals surface area contributed by atoms with E-state index < -0.39 is 29.8 Å². The van der Waals surface area contributed by atoms with Crippen LogP contribution in [0.3, 0.4) is 0 Å². The lowest BCUT2D eigenvalue weighted by atomic mass is 9.90. The zero-order valence-corrected chi connectivity index (χ0v) is 23.1. The maximum absolute atomic E-state index is 13.4. The molecule has 16 heteroatoms. The van der Waals surface area contributed by atoms with Crippen LogP contribution in [0.15, 0.2) is 31.0 Å². The van der Waals surface area contributed by atoms with Crippen molar-refractivity contribution in [3.8, 4) is 17.1 Å². The van der Waals surface area contributed by atoms with Crippen LogP contribution in [0.25, 0.3) is 11.3 Å². The van der Waals surface area contributed by atoms with Crippen molar-refractivity contribution in [2.24, 2.45) is 0 Å². The number of ether oxygens (including phenoxy) is 3. The van der Waals surface area contributed by atoms with Gasteiger partial charge in [-0.2, -0.15) is 23.3 Å². The molecule has 0 radical (unpaired) electrons. The number of amides is 1. The van der Waals surface area contributed by atoms with Crippen LogP contribution in [-0.2, 0) is 15.7 Å². The van der Waals surface area contributed by atoms with Crippen molar-refractivity contribution in [3.05, 3.63) is 36.5 Å². The summed E-state index contributed by atoms with van der Waals surface area (Å²) in [4.78, 5) is 30.2. The number of rotatable bonds is 8. The highest BCUT2D eigenvalue weighted by atomic mass is 19.4. The summed E-state index contributed by atoms with van der Waals surface area (Å²) in [5.41, 5.74) is 0.329. The van der Waals surface area contributed by atoms with Crippen LogP contribution in [0.2, 0.25) is 0 Å². The summed E-state index contributed by atoms with van der Waals surface area (Å²) in [6.45, 7) is 1.80. The van der Waals surface area contributed by atoms with Crippen LogP contribution in [0.5, 0.6) is 5.88 Å². The van der Waals surface area contributed by atoms with Gasteiger partial charge in [-0.1, -0.05) is 0 Å². The van der Waals surface area contributed by atoms with Crippen LogP contribution in [-0.4, -0.2) is 85.5 Å². The highest BCUT2D eigenvalue weighted by Gasteiger charge is 2.38. The smallest absolute Gasteiger partial charge is 0.423 e. The van der Waals surface area contributed by atoms with E-state index in [1.54, 1.807) is 12.4 Å². The van der Waals surface area contributed by atoms with Gasteiger partial charge in [0.1, 0.15) is 11.7 Å². The summed E-state index contributed by atoms with van der Waals surface area (Å²) < 4.78 is 58.0. The average Bonchev–Trinajstić information content (AvgIpc) is 3.47. The maximum Gasteiger partial charge on any atom is 0.423 e. The van der Waals surface area contributed by atoms with Crippen molar-refractivity contribution in [2.45, 2.75) is 68.9 Å². The number of carbonyl (C=O) groups is 1. The number of anilines is 2. The Morgan fingerprint density at radius 2 is 1.77 bits per heavy atom. The molecule has 2 N–H and O–H groups in total. The first-order valence-electron chi connectivity index (χ1n) is 14.2. The molecule has 0 spiro atoms. The van der Waals surface area contributed by atoms with Crippen molar-refractivity contribution in [1.29, 1.82) is 0 Å². The van der Waals surface area contributed by atoms with E-state index in [1.165, 1.54) is 11.1 Å². The maximum atomic E-state index is 13.4. The van der Waals surface area contributed by atoms with Gasteiger partial charge in [-0.15, -0.1) is 0 Å². The second kappa shape index (κ2) is 12.3. The molecule has 3 aromatic heterocycles. The first-order chi connectivity index (χ1) is 20.7. The van der Waals surface area contributed by atoms with E-state index in [9.17, 15) is 23.1 Å². The van der Waals surface area contributed by atoms with Gasteiger partial charge in [0, 0.05) is 43.3 Å². The molecule has 3 aliphatic rings. The highest BCUT2D eigenvalue weighted by molar-refractivity contribution is 5.85. The van der Waals surface area contributed by atoms with Gasteiger partial charge in [0.15, 0.2) is 5.82 Å². The molecule has 1 saturated carbocycles. The Hall–Kier alpha value is -4.05. The summed E-state index contributed by atoms with van der Waals surface area (Å²) in [6.07, 6.45) is 4.90. The monoisotopic (exact) mass is 604 g/mol. The summed E-state index contributed by atoms with van der Waals surface area (Å²) in [7, 11) is 0. The summed E-state index contributed by atoms with van der Waals surface area (Å²) >= 11 is 0. The molecule has 13 nitrogen and oxygen atoms in total. The minimum absolute atomic E-state index is 0.0170. The average molecular weight is 605 g/mol. The molecule has 0 aromatic carbocycles. The second-order valence-corrected chi connectivity index (χ2v) is 10.8. The van der Waals surface area contributed by atoms with Gasteiger partial charge in [0.2, 0.25) is 11.8 Å². The number of nitrogens with one attached hydrogen (secondary N) is 1. The standard InChI is InChI=1S/C27H31F3N8O5/c28-27(29,30)21-10-33-25(36-24(21)43-20-14-42-15-20)35-17-1-3-19(4-2-17)38(26(39)40)23-12-31-22(11-32-23)16-9-34-37(13-16)18-5-7-41-8-6-18/h9-13,17-20H,1-8,14-15H2,(H,39,40)(H,33,35,36)/t17-,19-. The van der Waals surface area contributed by atoms with Crippen molar-refractivity contribution in [1.82, 2.24) is 29.7 Å². The molecule has 5 heterocycles. The molecule has 2 saturated heterocycles. The Labute approximate surface area is 244 Å². The number of hydrogen-bond acceptors (Lipinski definition) is 10. The molecular formula is C27H31F3N8O5. The Kier molecular flexibility index (Phi) is 8.30. The fourth-order valence-electron chi connectivity index (χ4n) is 5.48. The van der Waals surface area contributed by atoms with Gasteiger partial charge >= 0.3 is 12.3 Å². The van der Waals surface area contributed by atoms with Crippen molar-refractivity contribution >= 4 is 17.9 Å². The van der Waals surface area contributed by atoms with E-state index >= 15 is 0 Å². The van der Waals surface area contributed by atoms with E-state index in [-0.39, 0.29) is 43.1 Å². The van der Waals surface area contributed by atoms with E-state index in [2.05, 4.69) is 30.4 Å². The van der Waals surface area contributed by atoms with Crippen molar-refractivity contribution in [3.63, 3.8) is 0 Å². The first-order valence-corrected chi connectivity index (χ1v) is 14.2. The molecule has 0 bridgehead atoms. The molecule has 2 aliphatic heterocycles. The molecule has 0 atom stereocenters. The van der Waals surface area contributed by atoms with Gasteiger partial charge in [-0.05, 0) is 38.5 Å². The molecule has 0 unspecified atom stereocenters. The number of alkyl halides is 3. The molecule has 1 amide bonds. The Morgan fingerprint density at radius 1 is 1.00 bits per heavy atom. The molecule has 230 valence electrons. The Morgan fingerprint density at radius 3 is 2.40 bits per heavy atom. The topological polar surface area (TPSA) is 150 Å². The van der Waals surface area contributed by atoms with Crippen LogP contribution >= 0.6 is 0 Å². The van der Waals surface area contributed by atoms with Crippen LogP contribution in [0.4, 0.5) is 29.7 Å². The number of aromatic nitrogens is 6. The fraction of sp³-hybridized carbons (Fsp3) is 0.556. The number of halogens is 3. The minimum atomic E-state index is -4.66. The largest absolute Gasteiger partial charge is 0.469 e. The van der Waals surface area contributed by atoms with Gasteiger partial charge < -0.3 is 24.6 Å². The van der Waals surface area contributed by atoms with E-state index in [0.717, 1.165) is 18.4 Å². The second-order valence-electron chi connectivity index (χ2n) is 10.8. The zero-order valence-electron chi connectivity index (χ0n) is 23.1. The zero-order chi connectivity index (χ0) is 30.0. The predicted octanol–water partition coefficient (Wildman–Crippen LogP) is 4.19. The number of carboxylic acid groups (broad SMARTS) is 1. The normalized spacial score (nSPS) is 21.7. The van der Waals surface area contributed by atoms with Gasteiger partial charge in [-0.3, -0.25) is 14.6 Å². The van der Waals surface area contributed by atoms with Gasteiger partial charge in [0.25, 0.3) is 0 Å². The molecule has 1 aliphatic carbocycles. The highest BCUT2D eigenvalue weighted by Crippen LogP contribution is 2.36. The minimum Gasteiger partial charge on any atom is -0.469 e. The number of nitrogens with zero attached hydrogens (tertiary/aromatic N) is 7. The number of hydrogen-bond donors (Lipinski definition) is 2. The first kappa shape index (κ1) is 29.0. The van der Waals surface area contributed by atoms with Crippen LogP contribution < -0.4 is 15.0 Å². The SMILES string of the molecule is O=C(O)N(c1cnc(-c2cnn(C3CCOCC3)c2)cn1)[C@H]1CC[C@H](Nc2ncc(C(F)(F)F)c(OC3COC3)n2)CC1. The summed E-state index contributed by atoms with van der Waals surface area (Å²) in [6, 6.07) is -0.243. The molecule has 3 fully saturated rings. The quantitative estimate of drug-likeness (QED) is 0.381. The summed E-state index contributed by atoms with van der Waals surface area (Å²) in [5, 5.41) is 17.6. The van der Waals surface area contributed by atoms with Crippen LogP contribution in [0, 0.1) is 0 Å². The fourth-order valence-corrected chi connectivity index (χ4v) is 5.48.